The molecule has 2 aromatic carbocycles. The minimum atomic E-state index is -3.95. The van der Waals surface area contributed by atoms with Gasteiger partial charge in [0, 0.05) is 5.56 Å². The predicted molar refractivity (Wildman–Crippen MR) is 122 cm³/mol. The van der Waals surface area contributed by atoms with Gasteiger partial charge in [0.15, 0.2) is 5.54 Å². The average Bonchev–Trinajstić information content (AvgIpc) is 3.17. The van der Waals surface area contributed by atoms with E-state index < -0.39 is 18.5 Å². The summed E-state index contributed by atoms with van der Waals surface area (Å²) >= 11 is 5.33. The summed E-state index contributed by atoms with van der Waals surface area (Å²) in [5, 5.41) is 1.34. The summed E-state index contributed by atoms with van der Waals surface area (Å²) in [6.45, 7) is 5.61. The zero-order valence-corrected chi connectivity index (χ0v) is 19.4. The molecule has 1 spiro atoms. The molecule has 0 radical (unpaired) electrons. The summed E-state index contributed by atoms with van der Waals surface area (Å²) < 4.78 is 31.3. The molecular weight excluding hydrogens is 435 g/mol. The highest BCUT2D eigenvalue weighted by Crippen LogP contribution is 2.70. The fraction of sp³-hybridized carbons (Fsp3) is 0.364. The van der Waals surface area contributed by atoms with Crippen LogP contribution < -0.4 is 10.2 Å². The largest absolute Gasteiger partial charge is 0.448 e. The minimum absolute atomic E-state index is 0.0214. The van der Waals surface area contributed by atoms with Crippen molar-refractivity contribution >= 4 is 36.6 Å². The second-order valence-corrected chi connectivity index (χ2v) is 10.2. The lowest BCUT2D eigenvalue weighted by atomic mass is 9.86. The van der Waals surface area contributed by atoms with Crippen molar-refractivity contribution in [2.75, 3.05) is 18.1 Å². The van der Waals surface area contributed by atoms with Crippen molar-refractivity contribution in [3.8, 4) is 0 Å². The lowest BCUT2D eigenvalue weighted by Crippen LogP contribution is -2.59. The molecule has 0 aromatic heterocycles. The highest BCUT2D eigenvalue weighted by atomic mass is 32.1. The van der Waals surface area contributed by atoms with E-state index in [9.17, 15) is 9.36 Å². The van der Waals surface area contributed by atoms with Gasteiger partial charge in [0.25, 0.3) is 11.1 Å². The van der Waals surface area contributed by atoms with E-state index in [4.69, 9.17) is 26.0 Å². The zero-order valence-electron chi connectivity index (χ0n) is 17.7. The molecule has 0 bridgehead atoms. The fourth-order valence-electron chi connectivity index (χ4n) is 4.38. The van der Waals surface area contributed by atoms with E-state index in [1.165, 1.54) is 0 Å². The van der Waals surface area contributed by atoms with E-state index in [0.717, 1.165) is 5.56 Å². The Kier molecular flexibility index (Phi) is 5.68. The van der Waals surface area contributed by atoms with Crippen LogP contribution in [0.1, 0.15) is 31.9 Å². The molecule has 2 aliphatic rings. The third-order valence-corrected chi connectivity index (χ3v) is 8.60. The van der Waals surface area contributed by atoms with Gasteiger partial charge in [-0.1, -0.05) is 48.5 Å². The van der Waals surface area contributed by atoms with Crippen LogP contribution in [0.15, 0.2) is 54.6 Å². The Hall–Kier alpha value is -2.25. The highest BCUT2D eigenvalue weighted by molar-refractivity contribution is 7.80. The monoisotopic (exact) mass is 460 g/mol. The SMILES string of the molecule is CCOP(=O)(OCC)[C@@]1(C)OC(=S)N[C@]12C(=O)N(Cc1ccccc1)c1ccccc12. The number of thiocarbonyl (C=S) groups is 1. The summed E-state index contributed by atoms with van der Waals surface area (Å²) in [5.41, 5.74) is 0.736. The molecule has 31 heavy (non-hydrogen) atoms. The Morgan fingerprint density at radius 3 is 2.32 bits per heavy atom. The van der Waals surface area contributed by atoms with Crippen molar-refractivity contribution in [1.29, 1.82) is 0 Å². The molecule has 7 nitrogen and oxygen atoms in total. The van der Waals surface area contributed by atoms with Crippen LogP contribution in [-0.2, 0) is 35.2 Å². The van der Waals surface area contributed by atoms with Crippen molar-refractivity contribution in [2.24, 2.45) is 0 Å². The molecule has 0 aliphatic carbocycles. The van der Waals surface area contributed by atoms with Crippen LogP contribution in [-0.4, -0.2) is 29.6 Å². The molecule has 4 rings (SSSR count). The molecule has 1 amide bonds. The number of hydrogen-bond donors (Lipinski definition) is 1. The van der Waals surface area contributed by atoms with Crippen molar-refractivity contribution in [3.05, 3.63) is 65.7 Å². The van der Waals surface area contributed by atoms with E-state index in [-0.39, 0.29) is 24.3 Å². The first-order chi connectivity index (χ1) is 14.8. The predicted octanol–water partition coefficient (Wildman–Crippen LogP) is 4.32. The smallest absolute Gasteiger partial charge is 0.377 e. The Balaban J connectivity index is 1.90. The van der Waals surface area contributed by atoms with Gasteiger partial charge in [0.05, 0.1) is 25.4 Å². The van der Waals surface area contributed by atoms with E-state index in [0.29, 0.717) is 17.8 Å². The topological polar surface area (TPSA) is 77.1 Å². The lowest BCUT2D eigenvalue weighted by molar-refractivity contribution is -0.127. The van der Waals surface area contributed by atoms with Gasteiger partial charge in [0.2, 0.25) is 5.34 Å². The second kappa shape index (κ2) is 8.02. The van der Waals surface area contributed by atoms with Crippen LogP contribution >= 0.6 is 19.8 Å². The molecule has 1 N–H and O–H groups in total. The maximum Gasteiger partial charge on any atom is 0.377 e. The van der Waals surface area contributed by atoms with Crippen LogP contribution in [0, 0.1) is 0 Å². The number of nitrogens with zero attached hydrogens (tertiary/aromatic N) is 1. The number of anilines is 1. The molecule has 164 valence electrons. The molecule has 2 aromatic rings. The Morgan fingerprint density at radius 2 is 1.68 bits per heavy atom. The van der Waals surface area contributed by atoms with Gasteiger partial charge in [-0.25, -0.2) is 0 Å². The third kappa shape index (κ3) is 3.12. The second-order valence-electron chi connectivity index (χ2n) is 7.47. The molecule has 1 saturated heterocycles. The maximum atomic E-state index is 14.1. The van der Waals surface area contributed by atoms with Gasteiger partial charge < -0.3 is 24.0 Å². The number of fused-ring (bicyclic) bond motifs is 2. The number of carbonyl (C=O) groups is 1. The number of amides is 1. The number of benzene rings is 2. The Bertz CT molecular complexity index is 1050. The van der Waals surface area contributed by atoms with Crippen LogP contribution in [0.2, 0.25) is 0 Å². The molecule has 9 heteroatoms. The van der Waals surface area contributed by atoms with Gasteiger partial charge in [-0.05, 0) is 44.6 Å². The average molecular weight is 460 g/mol. The van der Waals surface area contributed by atoms with Crippen molar-refractivity contribution in [3.63, 3.8) is 0 Å². The lowest BCUT2D eigenvalue weighted by Gasteiger charge is -2.40. The van der Waals surface area contributed by atoms with Gasteiger partial charge >= 0.3 is 7.60 Å². The van der Waals surface area contributed by atoms with E-state index in [1.807, 2.05) is 54.6 Å². The zero-order chi connectivity index (χ0) is 22.3. The van der Waals surface area contributed by atoms with Crippen LogP contribution in [0.5, 0.6) is 0 Å². The quantitative estimate of drug-likeness (QED) is 0.487. The van der Waals surface area contributed by atoms with Crippen LogP contribution in [0.3, 0.4) is 0 Å². The maximum absolute atomic E-state index is 14.1. The van der Waals surface area contributed by atoms with Gasteiger partial charge in [-0.15, -0.1) is 0 Å². The van der Waals surface area contributed by atoms with Crippen molar-refractivity contribution < 1.29 is 23.1 Å². The Labute approximate surface area is 187 Å². The molecular formula is C22H25N2O5PS. The highest BCUT2D eigenvalue weighted by Gasteiger charge is 2.75. The number of carbonyl (C=O) groups excluding carboxylic acids is 1. The van der Waals surface area contributed by atoms with E-state index in [2.05, 4.69) is 5.32 Å². The Morgan fingerprint density at radius 1 is 1.06 bits per heavy atom. The number of para-hydroxylation sites is 1. The third-order valence-electron chi connectivity index (χ3n) is 5.75. The molecule has 2 atom stereocenters. The molecule has 2 heterocycles. The number of nitrogens with one attached hydrogen (secondary N) is 1. The molecule has 0 unspecified atom stereocenters. The van der Waals surface area contributed by atoms with Crippen LogP contribution in [0.25, 0.3) is 0 Å². The van der Waals surface area contributed by atoms with E-state index >= 15 is 0 Å². The van der Waals surface area contributed by atoms with Crippen molar-refractivity contribution in [2.45, 2.75) is 38.2 Å². The fourth-order valence-corrected chi connectivity index (χ4v) is 6.90. The van der Waals surface area contributed by atoms with E-state index in [1.54, 1.807) is 25.7 Å². The standard InChI is InChI=1S/C22H25N2O5PS/c1-4-27-30(26,28-5-2)21(3)22(23-20(31)29-21)17-13-9-10-14-18(17)24(19(22)25)15-16-11-7-6-8-12-16/h6-14H,4-5,15H2,1-3H3,(H,23,31)/t21-,22-/m1/s1. The van der Waals surface area contributed by atoms with Gasteiger partial charge in [0.1, 0.15) is 0 Å². The van der Waals surface area contributed by atoms with Gasteiger partial charge in [-0.2, -0.15) is 0 Å². The van der Waals surface area contributed by atoms with Crippen molar-refractivity contribution in [1.82, 2.24) is 5.32 Å². The minimum Gasteiger partial charge on any atom is -0.448 e. The first kappa shape index (κ1) is 22.0. The summed E-state index contributed by atoms with van der Waals surface area (Å²) in [4.78, 5) is 15.8. The number of rotatable bonds is 7. The number of hydrogen-bond acceptors (Lipinski definition) is 6. The number of ether oxygens (including phenoxy) is 1. The summed E-state index contributed by atoms with van der Waals surface area (Å²) in [5.74, 6) is -0.320. The molecule has 1 fully saturated rings. The van der Waals surface area contributed by atoms with Gasteiger partial charge in [-0.3, -0.25) is 9.36 Å². The molecule has 2 aliphatic heterocycles. The first-order valence-electron chi connectivity index (χ1n) is 10.2. The van der Waals surface area contributed by atoms with Crippen LogP contribution in [0.4, 0.5) is 5.69 Å². The summed E-state index contributed by atoms with van der Waals surface area (Å²) in [6, 6.07) is 17.0. The summed E-state index contributed by atoms with van der Waals surface area (Å²) in [7, 11) is -3.95. The normalized spacial score (nSPS) is 24.9. The summed E-state index contributed by atoms with van der Waals surface area (Å²) in [6.07, 6.45) is 0. The molecule has 0 saturated carbocycles. The first-order valence-corrected chi connectivity index (χ1v) is 12.1.